The molecule has 2 rings (SSSR count). The minimum absolute atomic E-state index is 0.0114. The van der Waals surface area contributed by atoms with Crippen molar-refractivity contribution in [3.63, 3.8) is 0 Å². The Bertz CT molecular complexity index is 559. The first kappa shape index (κ1) is 17.7. The summed E-state index contributed by atoms with van der Waals surface area (Å²) < 4.78 is 5.94. The van der Waals surface area contributed by atoms with Crippen molar-refractivity contribution in [3.8, 4) is 0 Å². The van der Waals surface area contributed by atoms with E-state index >= 15 is 0 Å². The van der Waals surface area contributed by atoms with E-state index in [4.69, 9.17) is 4.74 Å². The molecule has 0 saturated carbocycles. The molecule has 0 spiro atoms. The fraction of sp³-hybridized carbons (Fsp3) is 0.500. The van der Waals surface area contributed by atoms with Crippen molar-refractivity contribution in [1.82, 2.24) is 4.90 Å². The predicted molar refractivity (Wildman–Crippen MR) is 91.5 cm³/mol. The molecule has 1 aromatic rings. The largest absolute Gasteiger partial charge is 0.450 e. The zero-order valence-electron chi connectivity index (χ0n) is 13.5. The summed E-state index contributed by atoms with van der Waals surface area (Å²) in [5.74, 6) is -0.0114. The number of carbonyl (C=O) groups excluding carboxylic acids is 2. The molecule has 0 unspecified atom stereocenters. The molecular formula is C16H23BrN3O3+. The third-order valence-corrected chi connectivity index (χ3v) is 4.52. The highest BCUT2D eigenvalue weighted by Crippen LogP contribution is 2.15. The zero-order valence-corrected chi connectivity index (χ0v) is 15.1. The Morgan fingerprint density at radius 2 is 2.09 bits per heavy atom. The zero-order chi connectivity index (χ0) is 16.8. The molecule has 7 heteroatoms. The standard InChI is InChI=1S/C16H22BrN3O3/c1-3-23-16(22)20-9-7-19(8-10-20)12(2)15(21)18-14-6-4-5-13(17)11-14/h4-6,11-12H,3,7-10H2,1-2H3,(H,18,21)/p+1/t12-/m0/s1. The number of nitrogens with one attached hydrogen (secondary N) is 2. The minimum atomic E-state index is -0.266. The smallest absolute Gasteiger partial charge is 0.410 e. The lowest BCUT2D eigenvalue weighted by atomic mass is 10.2. The molecule has 2 amide bonds. The van der Waals surface area contributed by atoms with Gasteiger partial charge in [-0.1, -0.05) is 22.0 Å². The quantitative estimate of drug-likeness (QED) is 0.817. The van der Waals surface area contributed by atoms with Crippen molar-refractivity contribution in [2.24, 2.45) is 0 Å². The number of hydrogen-bond donors (Lipinski definition) is 2. The van der Waals surface area contributed by atoms with Gasteiger partial charge in [0.05, 0.1) is 32.8 Å². The summed E-state index contributed by atoms with van der Waals surface area (Å²) in [5, 5.41) is 2.94. The average Bonchev–Trinajstić information content (AvgIpc) is 2.54. The first-order chi connectivity index (χ1) is 11.0. The molecule has 1 aliphatic heterocycles. The van der Waals surface area contributed by atoms with Crippen LogP contribution in [0.1, 0.15) is 13.8 Å². The van der Waals surface area contributed by atoms with Crippen molar-refractivity contribution in [3.05, 3.63) is 28.7 Å². The molecule has 126 valence electrons. The maximum absolute atomic E-state index is 12.4. The highest BCUT2D eigenvalue weighted by Gasteiger charge is 2.31. The van der Waals surface area contributed by atoms with E-state index in [0.29, 0.717) is 19.7 Å². The van der Waals surface area contributed by atoms with E-state index in [2.05, 4.69) is 21.2 Å². The van der Waals surface area contributed by atoms with Crippen LogP contribution >= 0.6 is 15.9 Å². The van der Waals surface area contributed by atoms with Crippen LogP contribution in [0.4, 0.5) is 10.5 Å². The summed E-state index contributed by atoms with van der Waals surface area (Å²) in [7, 11) is 0. The second-order valence-electron chi connectivity index (χ2n) is 5.57. The normalized spacial score (nSPS) is 16.7. The summed E-state index contributed by atoms with van der Waals surface area (Å²) in [6.45, 7) is 6.82. The molecular weight excluding hydrogens is 362 g/mol. The van der Waals surface area contributed by atoms with Gasteiger partial charge in [0.15, 0.2) is 6.04 Å². The van der Waals surface area contributed by atoms with E-state index in [1.54, 1.807) is 11.8 Å². The lowest BCUT2D eigenvalue weighted by Gasteiger charge is -2.34. The molecule has 0 aliphatic carbocycles. The number of quaternary nitrogens is 1. The third-order valence-electron chi connectivity index (χ3n) is 4.03. The van der Waals surface area contributed by atoms with Crippen LogP contribution in [0.25, 0.3) is 0 Å². The van der Waals surface area contributed by atoms with Gasteiger partial charge in [-0.05, 0) is 32.0 Å². The van der Waals surface area contributed by atoms with Crippen LogP contribution in [0.2, 0.25) is 0 Å². The van der Waals surface area contributed by atoms with Gasteiger partial charge in [-0.2, -0.15) is 0 Å². The van der Waals surface area contributed by atoms with Gasteiger partial charge in [-0.15, -0.1) is 0 Å². The molecule has 1 aromatic carbocycles. The average molecular weight is 385 g/mol. The van der Waals surface area contributed by atoms with Crippen molar-refractivity contribution in [2.75, 3.05) is 38.1 Å². The molecule has 1 aliphatic rings. The fourth-order valence-corrected chi connectivity index (χ4v) is 3.03. The van der Waals surface area contributed by atoms with Crippen molar-refractivity contribution in [2.45, 2.75) is 19.9 Å². The van der Waals surface area contributed by atoms with Crippen LogP contribution < -0.4 is 10.2 Å². The van der Waals surface area contributed by atoms with Crippen molar-refractivity contribution < 1.29 is 19.2 Å². The molecule has 1 atom stereocenters. The number of rotatable bonds is 4. The number of benzene rings is 1. The molecule has 6 nitrogen and oxygen atoms in total. The first-order valence-corrected chi connectivity index (χ1v) is 8.63. The number of piperazine rings is 1. The maximum atomic E-state index is 12.4. The molecule has 1 fully saturated rings. The fourth-order valence-electron chi connectivity index (χ4n) is 2.63. The molecule has 0 bridgehead atoms. The van der Waals surface area contributed by atoms with Crippen LogP contribution in [0.5, 0.6) is 0 Å². The van der Waals surface area contributed by atoms with Crippen molar-refractivity contribution >= 4 is 33.6 Å². The topological polar surface area (TPSA) is 63.1 Å². The van der Waals surface area contributed by atoms with Gasteiger partial charge < -0.3 is 15.0 Å². The van der Waals surface area contributed by atoms with Gasteiger partial charge in [-0.3, -0.25) is 9.69 Å². The molecule has 23 heavy (non-hydrogen) atoms. The SMILES string of the molecule is CCOC(=O)N1CC[NH+]([C@@H](C)C(=O)Nc2cccc(Br)c2)CC1. The lowest BCUT2D eigenvalue weighted by Crippen LogP contribution is -3.19. The monoisotopic (exact) mass is 384 g/mol. The molecule has 1 heterocycles. The van der Waals surface area contributed by atoms with Crippen LogP contribution in [-0.2, 0) is 9.53 Å². The number of halogens is 1. The van der Waals surface area contributed by atoms with E-state index in [1.165, 1.54) is 4.90 Å². The number of carbonyl (C=O) groups is 2. The third kappa shape index (κ3) is 4.94. The second-order valence-corrected chi connectivity index (χ2v) is 6.48. The first-order valence-electron chi connectivity index (χ1n) is 7.84. The van der Waals surface area contributed by atoms with Crippen molar-refractivity contribution in [1.29, 1.82) is 0 Å². The van der Waals surface area contributed by atoms with E-state index in [-0.39, 0.29) is 18.0 Å². The van der Waals surface area contributed by atoms with E-state index in [9.17, 15) is 9.59 Å². The number of anilines is 1. The Hall–Kier alpha value is -1.60. The summed E-state index contributed by atoms with van der Waals surface area (Å²) >= 11 is 3.39. The van der Waals surface area contributed by atoms with Crippen LogP contribution in [0.15, 0.2) is 28.7 Å². The lowest BCUT2D eigenvalue weighted by molar-refractivity contribution is -0.917. The number of nitrogens with zero attached hydrogens (tertiary/aromatic N) is 1. The van der Waals surface area contributed by atoms with Gasteiger partial charge >= 0.3 is 6.09 Å². The maximum Gasteiger partial charge on any atom is 0.410 e. The molecule has 0 radical (unpaired) electrons. The Morgan fingerprint density at radius 1 is 1.39 bits per heavy atom. The molecule has 2 N–H and O–H groups in total. The van der Waals surface area contributed by atoms with E-state index in [1.807, 2.05) is 31.2 Å². The van der Waals surface area contributed by atoms with Gasteiger partial charge in [0.2, 0.25) is 0 Å². The van der Waals surface area contributed by atoms with E-state index < -0.39 is 0 Å². The summed E-state index contributed by atoms with van der Waals surface area (Å²) in [4.78, 5) is 27.0. The molecule has 1 saturated heterocycles. The Morgan fingerprint density at radius 3 is 2.70 bits per heavy atom. The van der Waals surface area contributed by atoms with Crippen LogP contribution in [-0.4, -0.2) is 55.7 Å². The number of ether oxygens (including phenoxy) is 1. The minimum Gasteiger partial charge on any atom is -0.450 e. The van der Waals surface area contributed by atoms with Gasteiger partial charge in [0.25, 0.3) is 5.91 Å². The van der Waals surface area contributed by atoms with Gasteiger partial charge in [0.1, 0.15) is 0 Å². The van der Waals surface area contributed by atoms with Crippen LogP contribution in [0.3, 0.4) is 0 Å². The summed E-state index contributed by atoms with van der Waals surface area (Å²) in [6, 6.07) is 7.37. The predicted octanol–water partition coefficient (Wildman–Crippen LogP) is 1.13. The highest BCUT2D eigenvalue weighted by molar-refractivity contribution is 9.10. The van der Waals surface area contributed by atoms with E-state index in [0.717, 1.165) is 23.2 Å². The Balaban J connectivity index is 1.85. The Labute approximate surface area is 144 Å². The number of hydrogen-bond acceptors (Lipinski definition) is 3. The highest BCUT2D eigenvalue weighted by atomic mass is 79.9. The molecule has 0 aromatic heterocycles. The second kappa shape index (κ2) is 8.31. The number of amides is 2. The van der Waals surface area contributed by atoms with Gasteiger partial charge in [-0.25, -0.2) is 4.79 Å². The van der Waals surface area contributed by atoms with Crippen LogP contribution in [0, 0.1) is 0 Å². The Kier molecular flexibility index (Phi) is 6.41. The van der Waals surface area contributed by atoms with Gasteiger partial charge in [0, 0.05) is 10.2 Å². The summed E-state index contributed by atoms with van der Waals surface area (Å²) in [6.07, 6.45) is -0.266. The summed E-state index contributed by atoms with van der Waals surface area (Å²) in [5.41, 5.74) is 0.779.